The summed E-state index contributed by atoms with van der Waals surface area (Å²) < 4.78 is 4.38. The van der Waals surface area contributed by atoms with E-state index >= 15 is 0 Å². The van der Waals surface area contributed by atoms with Crippen LogP contribution < -0.4 is 16.6 Å². The SMILES string of the molecule is CC(C)C.COC(=O)Nc1nc(NN)ccc1Cl. The Balaban J connectivity index is 0.000000631. The first-order valence-electron chi connectivity index (χ1n) is 5.38. The fourth-order valence-corrected chi connectivity index (χ4v) is 0.910. The second kappa shape index (κ2) is 8.54. The molecule has 1 aromatic rings. The molecule has 0 aliphatic rings. The van der Waals surface area contributed by atoms with E-state index in [1.165, 1.54) is 7.11 Å². The van der Waals surface area contributed by atoms with Crippen molar-refractivity contribution in [2.45, 2.75) is 20.8 Å². The van der Waals surface area contributed by atoms with Gasteiger partial charge in [0, 0.05) is 0 Å². The maximum absolute atomic E-state index is 10.8. The predicted molar refractivity (Wildman–Crippen MR) is 73.6 cm³/mol. The molecule has 7 heteroatoms. The van der Waals surface area contributed by atoms with Crippen LogP contribution in [0.4, 0.5) is 16.4 Å². The molecule has 0 fully saturated rings. The number of nitrogens with one attached hydrogen (secondary N) is 2. The Kier molecular flexibility index (Phi) is 7.82. The largest absolute Gasteiger partial charge is 0.453 e. The molecule has 0 aliphatic heterocycles. The van der Waals surface area contributed by atoms with Crippen molar-refractivity contribution in [1.29, 1.82) is 0 Å². The lowest BCUT2D eigenvalue weighted by Gasteiger charge is -2.06. The number of pyridine rings is 1. The second-order valence-corrected chi connectivity index (χ2v) is 4.43. The van der Waals surface area contributed by atoms with Crippen molar-refractivity contribution in [1.82, 2.24) is 4.98 Å². The van der Waals surface area contributed by atoms with Gasteiger partial charge in [0.2, 0.25) is 0 Å². The van der Waals surface area contributed by atoms with Crippen LogP contribution in [0.5, 0.6) is 0 Å². The molecule has 0 atom stereocenters. The van der Waals surface area contributed by atoms with Crippen LogP contribution >= 0.6 is 11.6 Å². The number of hydrogen-bond acceptors (Lipinski definition) is 5. The normalized spacial score (nSPS) is 9.28. The Morgan fingerprint density at radius 1 is 1.44 bits per heavy atom. The van der Waals surface area contributed by atoms with E-state index in [9.17, 15) is 4.79 Å². The van der Waals surface area contributed by atoms with Gasteiger partial charge in [-0.15, -0.1) is 0 Å². The minimum atomic E-state index is -0.645. The van der Waals surface area contributed by atoms with Gasteiger partial charge in [-0.1, -0.05) is 32.4 Å². The number of nitrogen functional groups attached to an aromatic ring is 1. The minimum absolute atomic E-state index is 0.189. The van der Waals surface area contributed by atoms with Crippen LogP contribution in [0.3, 0.4) is 0 Å². The van der Waals surface area contributed by atoms with Crippen LogP contribution in [0.25, 0.3) is 0 Å². The van der Waals surface area contributed by atoms with E-state index < -0.39 is 6.09 Å². The summed E-state index contributed by atoms with van der Waals surface area (Å²) in [5, 5.41) is 2.64. The third-order valence-electron chi connectivity index (χ3n) is 1.40. The third-order valence-corrected chi connectivity index (χ3v) is 1.70. The Morgan fingerprint density at radius 3 is 2.44 bits per heavy atom. The van der Waals surface area contributed by atoms with Crippen LogP contribution in [-0.4, -0.2) is 18.2 Å². The first-order chi connectivity index (χ1) is 8.40. The fraction of sp³-hybridized carbons (Fsp3) is 0.455. The monoisotopic (exact) mass is 274 g/mol. The summed E-state index contributed by atoms with van der Waals surface area (Å²) in [6, 6.07) is 3.12. The molecule has 0 bridgehead atoms. The highest BCUT2D eigenvalue weighted by Gasteiger charge is 2.07. The lowest BCUT2D eigenvalue weighted by molar-refractivity contribution is 0.187. The molecule has 0 saturated heterocycles. The van der Waals surface area contributed by atoms with Crippen LogP contribution in [0.2, 0.25) is 5.02 Å². The molecule has 0 radical (unpaired) electrons. The number of nitrogens with zero attached hydrogens (tertiary/aromatic N) is 1. The number of hydrazine groups is 1. The number of hydrogen-bond donors (Lipinski definition) is 3. The molecule has 0 aliphatic carbocycles. The van der Waals surface area contributed by atoms with Gasteiger partial charge >= 0.3 is 6.09 Å². The molecule has 0 unspecified atom stereocenters. The number of carbonyl (C=O) groups excluding carboxylic acids is 1. The van der Waals surface area contributed by atoms with Gasteiger partial charge in [0.25, 0.3) is 0 Å². The maximum atomic E-state index is 10.8. The highest BCUT2D eigenvalue weighted by Crippen LogP contribution is 2.20. The Labute approximate surface area is 112 Å². The van der Waals surface area contributed by atoms with E-state index in [0.29, 0.717) is 10.8 Å². The summed E-state index contributed by atoms with van der Waals surface area (Å²) >= 11 is 5.75. The zero-order valence-corrected chi connectivity index (χ0v) is 11.7. The summed E-state index contributed by atoms with van der Waals surface area (Å²) in [6.07, 6.45) is -0.645. The number of halogens is 1. The maximum Gasteiger partial charge on any atom is 0.412 e. The summed E-state index contributed by atoms with van der Waals surface area (Å²) in [5.74, 6) is 6.54. The first-order valence-corrected chi connectivity index (χ1v) is 5.76. The van der Waals surface area contributed by atoms with E-state index in [1.54, 1.807) is 12.1 Å². The van der Waals surface area contributed by atoms with Crippen molar-refractivity contribution in [2.24, 2.45) is 11.8 Å². The highest BCUT2D eigenvalue weighted by atomic mass is 35.5. The molecular weight excluding hydrogens is 256 g/mol. The highest BCUT2D eigenvalue weighted by molar-refractivity contribution is 6.33. The van der Waals surface area contributed by atoms with E-state index in [4.69, 9.17) is 17.4 Å². The second-order valence-electron chi connectivity index (χ2n) is 4.02. The number of rotatable bonds is 2. The van der Waals surface area contributed by atoms with E-state index in [-0.39, 0.29) is 5.82 Å². The minimum Gasteiger partial charge on any atom is -0.453 e. The lowest BCUT2D eigenvalue weighted by Crippen LogP contribution is -2.14. The molecule has 0 spiro atoms. The van der Waals surface area contributed by atoms with Gasteiger partial charge in [0.1, 0.15) is 5.82 Å². The number of carbonyl (C=O) groups is 1. The van der Waals surface area contributed by atoms with E-state index in [2.05, 4.69) is 41.2 Å². The summed E-state index contributed by atoms with van der Waals surface area (Å²) in [5.41, 5.74) is 2.32. The van der Waals surface area contributed by atoms with Crippen molar-refractivity contribution in [3.8, 4) is 0 Å². The molecule has 6 nitrogen and oxygen atoms in total. The molecular formula is C11H19ClN4O2. The molecule has 1 heterocycles. The van der Waals surface area contributed by atoms with Gasteiger partial charge in [-0.2, -0.15) is 0 Å². The zero-order chi connectivity index (χ0) is 14.1. The predicted octanol–water partition coefficient (Wildman–Crippen LogP) is 2.86. The van der Waals surface area contributed by atoms with E-state index in [1.807, 2.05) is 0 Å². The first kappa shape index (κ1) is 16.5. The molecule has 18 heavy (non-hydrogen) atoms. The van der Waals surface area contributed by atoms with E-state index in [0.717, 1.165) is 5.92 Å². The molecule has 4 N–H and O–H groups in total. The Hall–Kier alpha value is -1.53. The van der Waals surface area contributed by atoms with Gasteiger partial charge in [-0.05, 0) is 18.1 Å². The number of anilines is 2. The smallest absolute Gasteiger partial charge is 0.412 e. The number of aromatic nitrogens is 1. The van der Waals surface area contributed by atoms with Gasteiger partial charge in [-0.25, -0.2) is 15.6 Å². The van der Waals surface area contributed by atoms with Crippen LogP contribution in [0.15, 0.2) is 12.1 Å². The van der Waals surface area contributed by atoms with Gasteiger partial charge in [0.05, 0.1) is 12.1 Å². The number of ether oxygens (including phenoxy) is 1. The van der Waals surface area contributed by atoms with Gasteiger partial charge < -0.3 is 10.2 Å². The topological polar surface area (TPSA) is 89.3 Å². The van der Waals surface area contributed by atoms with Crippen molar-refractivity contribution >= 4 is 29.3 Å². The molecule has 102 valence electrons. The average molecular weight is 275 g/mol. The van der Waals surface area contributed by atoms with Crippen molar-refractivity contribution in [2.75, 3.05) is 17.9 Å². The Morgan fingerprint density at radius 2 is 2.00 bits per heavy atom. The van der Waals surface area contributed by atoms with Crippen molar-refractivity contribution < 1.29 is 9.53 Å². The summed E-state index contributed by atoms with van der Waals surface area (Å²) in [4.78, 5) is 14.7. The summed E-state index contributed by atoms with van der Waals surface area (Å²) in [6.45, 7) is 6.50. The number of nitrogens with two attached hydrogens (primary N) is 1. The van der Waals surface area contributed by atoms with Crippen LogP contribution in [0.1, 0.15) is 20.8 Å². The quantitative estimate of drug-likeness (QED) is 0.570. The van der Waals surface area contributed by atoms with Crippen LogP contribution in [-0.2, 0) is 4.74 Å². The van der Waals surface area contributed by atoms with Gasteiger partial charge in [0.15, 0.2) is 5.82 Å². The Bertz CT molecular complexity index is 383. The molecule has 0 aromatic carbocycles. The number of methoxy groups -OCH3 is 1. The van der Waals surface area contributed by atoms with Crippen molar-refractivity contribution in [3.05, 3.63) is 17.2 Å². The number of amides is 1. The lowest BCUT2D eigenvalue weighted by atomic mass is 10.3. The molecule has 1 rings (SSSR count). The van der Waals surface area contributed by atoms with Crippen LogP contribution in [0, 0.1) is 5.92 Å². The van der Waals surface area contributed by atoms with Crippen molar-refractivity contribution in [3.63, 3.8) is 0 Å². The summed E-state index contributed by atoms with van der Waals surface area (Å²) in [7, 11) is 1.24. The fourth-order valence-electron chi connectivity index (χ4n) is 0.758. The standard InChI is InChI=1S/C7H9ClN4O2.C4H10/c1-14-7(13)11-6-4(8)2-3-5(10-6)12-9;1-4(2)3/h2-3H,9H2,1H3,(H2,10,11,12,13);4H,1-3H3. The molecule has 1 amide bonds. The zero-order valence-electron chi connectivity index (χ0n) is 11.0. The third kappa shape index (κ3) is 6.93. The molecule has 1 aromatic heterocycles. The average Bonchev–Trinajstić information content (AvgIpc) is 2.31. The van der Waals surface area contributed by atoms with Gasteiger partial charge in [-0.3, -0.25) is 5.32 Å². The molecule has 0 saturated carbocycles.